The van der Waals surface area contributed by atoms with Gasteiger partial charge in [-0.2, -0.15) is 13.2 Å². The molecule has 0 aromatic rings. The van der Waals surface area contributed by atoms with Crippen molar-refractivity contribution in [1.29, 1.82) is 0 Å². The van der Waals surface area contributed by atoms with E-state index in [1.165, 1.54) is 20.8 Å². The van der Waals surface area contributed by atoms with E-state index >= 15 is 0 Å². The zero-order valence-corrected chi connectivity index (χ0v) is 22.0. The third-order valence-corrected chi connectivity index (χ3v) is 8.81. The Bertz CT molecular complexity index is 1050. The number of nitrogens with two attached hydrogens (primary N) is 1. The second kappa shape index (κ2) is 10.2. The molecule has 39 heavy (non-hydrogen) atoms. The number of carbonyl (C=O) groups excluding carboxylic acids is 5. The van der Waals surface area contributed by atoms with Crippen LogP contribution in [-0.4, -0.2) is 78.0 Å². The topological polar surface area (TPSA) is 151 Å². The Kier molecular flexibility index (Phi) is 7.63. The number of nitrogens with zero attached hydrogens (tertiary/aromatic N) is 1. The second-order valence-electron chi connectivity index (χ2n) is 12.3. The van der Waals surface area contributed by atoms with Gasteiger partial charge in [-0.15, -0.1) is 0 Å². The summed E-state index contributed by atoms with van der Waals surface area (Å²) in [6.07, 6.45) is -5.25. The Balaban J connectivity index is 1.62. The second-order valence-corrected chi connectivity index (χ2v) is 12.3. The molecule has 10 nitrogen and oxygen atoms in total. The third kappa shape index (κ3) is 5.56. The fourth-order valence-corrected chi connectivity index (χ4v) is 6.95. The smallest absolute Gasteiger partial charge is 0.368 e. The van der Waals surface area contributed by atoms with Gasteiger partial charge in [0.1, 0.15) is 24.3 Å². The summed E-state index contributed by atoms with van der Waals surface area (Å²) >= 11 is 0. The highest BCUT2D eigenvalue weighted by molar-refractivity contribution is 5.96. The van der Waals surface area contributed by atoms with Crippen LogP contribution in [-0.2, 0) is 24.0 Å². The number of likely N-dealkylation sites (tertiary alicyclic amines) is 1. The van der Waals surface area contributed by atoms with E-state index in [9.17, 15) is 41.5 Å². The summed E-state index contributed by atoms with van der Waals surface area (Å²) in [6.45, 7) is 4.87. The van der Waals surface area contributed by atoms with Crippen molar-refractivity contribution < 1.29 is 41.5 Å². The van der Waals surface area contributed by atoms with Gasteiger partial charge in [-0.3, -0.25) is 24.0 Å². The van der Waals surface area contributed by atoms with Gasteiger partial charge in [0, 0.05) is 19.0 Å². The number of primary amides is 1. The zero-order chi connectivity index (χ0) is 29.0. The quantitative estimate of drug-likeness (QED) is 0.332. The van der Waals surface area contributed by atoms with Crippen molar-refractivity contribution in [3.63, 3.8) is 0 Å². The lowest BCUT2D eigenvalue weighted by atomic mass is 9.77. The first kappa shape index (κ1) is 29.1. The molecule has 5 amide bonds. The van der Waals surface area contributed by atoms with Crippen LogP contribution >= 0.6 is 0 Å². The van der Waals surface area contributed by atoms with Gasteiger partial charge in [-0.25, -0.2) is 4.39 Å². The van der Waals surface area contributed by atoms with Crippen molar-refractivity contribution >= 4 is 29.5 Å². The maximum Gasteiger partial charge on any atom is 0.471 e. The van der Waals surface area contributed by atoms with E-state index in [1.54, 1.807) is 5.32 Å². The molecule has 4 fully saturated rings. The highest BCUT2D eigenvalue weighted by Gasteiger charge is 2.63. The summed E-state index contributed by atoms with van der Waals surface area (Å²) in [5, 5.41) is 6.96. The van der Waals surface area contributed by atoms with Gasteiger partial charge >= 0.3 is 12.1 Å². The molecule has 2 saturated carbocycles. The van der Waals surface area contributed by atoms with Gasteiger partial charge in [-0.05, 0) is 54.8 Å². The molecular formula is C25H35F4N5O5. The molecule has 2 aliphatic carbocycles. The lowest BCUT2D eigenvalue weighted by Crippen LogP contribution is -2.61. The highest BCUT2D eigenvalue weighted by atomic mass is 19.4. The molecule has 2 aliphatic heterocycles. The Morgan fingerprint density at radius 3 is 2.31 bits per heavy atom. The lowest BCUT2D eigenvalue weighted by Gasteiger charge is -2.37. The number of carbonyl (C=O) groups is 5. The molecule has 218 valence electrons. The third-order valence-electron chi connectivity index (χ3n) is 8.81. The van der Waals surface area contributed by atoms with E-state index in [1.807, 2.05) is 0 Å². The number of rotatable bonds is 7. The van der Waals surface area contributed by atoms with E-state index in [2.05, 4.69) is 10.6 Å². The largest absolute Gasteiger partial charge is 0.471 e. The Morgan fingerprint density at radius 2 is 1.77 bits per heavy atom. The van der Waals surface area contributed by atoms with Crippen LogP contribution in [0.3, 0.4) is 0 Å². The number of fused-ring (bicyclic) bond motifs is 5. The van der Waals surface area contributed by atoms with Crippen LogP contribution < -0.4 is 21.7 Å². The number of halogens is 4. The van der Waals surface area contributed by atoms with Crippen molar-refractivity contribution in [2.45, 2.75) is 76.9 Å². The van der Waals surface area contributed by atoms with Crippen LogP contribution in [0.2, 0.25) is 0 Å². The van der Waals surface area contributed by atoms with Gasteiger partial charge in [0.05, 0.1) is 0 Å². The fraction of sp³-hybridized carbons (Fsp3) is 0.800. The van der Waals surface area contributed by atoms with E-state index in [4.69, 9.17) is 5.73 Å². The first-order chi connectivity index (χ1) is 18.0. The lowest BCUT2D eigenvalue weighted by molar-refractivity contribution is -0.176. The fourth-order valence-electron chi connectivity index (χ4n) is 6.95. The molecule has 14 heteroatoms. The average Bonchev–Trinajstić information content (AvgIpc) is 3.56. The normalized spacial score (nSPS) is 33.4. The van der Waals surface area contributed by atoms with Crippen LogP contribution in [0.1, 0.15) is 46.5 Å². The van der Waals surface area contributed by atoms with Gasteiger partial charge < -0.3 is 26.6 Å². The average molecular weight is 562 g/mol. The monoisotopic (exact) mass is 561 g/mol. The van der Waals surface area contributed by atoms with Crippen molar-refractivity contribution in [2.24, 2.45) is 40.7 Å². The van der Waals surface area contributed by atoms with Crippen LogP contribution in [0, 0.1) is 35.0 Å². The predicted octanol–water partition coefficient (Wildman–Crippen LogP) is 0.397. The number of alkyl halides is 4. The number of hydrogen-bond acceptors (Lipinski definition) is 5. The summed E-state index contributed by atoms with van der Waals surface area (Å²) in [5.41, 5.74) is 4.35. The molecule has 2 heterocycles. The maximum atomic E-state index is 14.8. The SMILES string of the molecule is CC(C)(C)[C@H](NC(=O)C(F)(F)F)C(=O)N1C[C@@H]2[C@H]3C[C@@H]([C@@H]2[C@H]1C(=O)N[C@@H](C[C@@H]1CCNC1=O)C(N)=O)[C@H](F)C3. The van der Waals surface area contributed by atoms with Crippen molar-refractivity contribution in [3.8, 4) is 0 Å². The molecule has 0 unspecified atom stereocenters. The highest BCUT2D eigenvalue weighted by Crippen LogP contribution is 2.58. The number of hydrogen-bond donors (Lipinski definition) is 4. The molecule has 0 aromatic heterocycles. The van der Waals surface area contributed by atoms with Crippen LogP contribution in [0.5, 0.6) is 0 Å². The molecule has 0 radical (unpaired) electrons. The van der Waals surface area contributed by atoms with Crippen molar-refractivity contribution in [1.82, 2.24) is 20.9 Å². The molecule has 9 atom stereocenters. The van der Waals surface area contributed by atoms with Gasteiger partial charge in [0.15, 0.2) is 0 Å². The molecule has 2 bridgehead atoms. The summed E-state index contributed by atoms with van der Waals surface area (Å²) in [6, 6.07) is -4.15. The standard InChI is InChI=1S/C25H35F4N5O5/c1-24(2,3)18(33-23(39)25(27,28)29)22(38)34-9-13-11-6-12(14(26)7-11)16(13)17(34)21(37)32-15(19(30)35)8-10-4-5-31-20(10)36/h10-18H,4-9H2,1-3H3,(H2,30,35)(H,31,36)(H,32,37)(H,33,39)/t10-,11-,12+,13+,14+,15-,16-,17-,18+/m0/s1. The van der Waals surface area contributed by atoms with E-state index in [-0.39, 0.29) is 37.1 Å². The molecule has 4 rings (SSSR count). The Labute approximate surface area is 223 Å². The van der Waals surface area contributed by atoms with Gasteiger partial charge in [0.25, 0.3) is 0 Å². The van der Waals surface area contributed by atoms with Crippen molar-refractivity contribution in [3.05, 3.63) is 0 Å². The van der Waals surface area contributed by atoms with Crippen LogP contribution in [0.4, 0.5) is 17.6 Å². The molecule has 4 aliphatic rings. The first-order valence-corrected chi connectivity index (χ1v) is 13.2. The molecule has 0 aromatic carbocycles. The summed E-state index contributed by atoms with van der Waals surface area (Å²) in [4.78, 5) is 64.7. The van der Waals surface area contributed by atoms with Gasteiger partial charge in [-0.1, -0.05) is 20.8 Å². The molecule has 0 spiro atoms. The van der Waals surface area contributed by atoms with Crippen LogP contribution in [0.15, 0.2) is 0 Å². The minimum Gasteiger partial charge on any atom is -0.368 e. The predicted molar refractivity (Wildman–Crippen MR) is 128 cm³/mol. The number of nitrogens with one attached hydrogen (secondary N) is 3. The first-order valence-electron chi connectivity index (χ1n) is 13.2. The minimum absolute atomic E-state index is 0.0101. The summed E-state index contributed by atoms with van der Waals surface area (Å²) < 4.78 is 54.1. The van der Waals surface area contributed by atoms with Crippen molar-refractivity contribution in [2.75, 3.05) is 13.1 Å². The summed E-state index contributed by atoms with van der Waals surface area (Å²) in [5.74, 6) is -7.19. The number of amides is 5. The van der Waals surface area contributed by atoms with E-state index in [0.717, 1.165) is 4.90 Å². The maximum absolute atomic E-state index is 14.8. The molecule has 5 N–H and O–H groups in total. The Hall–Kier alpha value is -2.93. The Morgan fingerprint density at radius 1 is 1.10 bits per heavy atom. The minimum atomic E-state index is -5.23. The summed E-state index contributed by atoms with van der Waals surface area (Å²) in [7, 11) is 0. The van der Waals surface area contributed by atoms with E-state index < -0.39 is 77.3 Å². The van der Waals surface area contributed by atoms with Gasteiger partial charge in [0.2, 0.25) is 23.6 Å². The molecular weight excluding hydrogens is 526 g/mol. The zero-order valence-electron chi connectivity index (χ0n) is 22.0. The van der Waals surface area contributed by atoms with E-state index in [0.29, 0.717) is 19.4 Å². The molecule has 2 saturated heterocycles. The van der Waals surface area contributed by atoms with Crippen LogP contribution in [0.25, 0.3) is 0 Å².